The van der Waals surface area contributed by atoms with Crippen molar-refractivity contribution >= 4 is 23.5 Å². The second-order valence-electron chi connectivity index (χ2n) is 6.70. The quantitative estimate of drug-likeness (QED) is 0.706. The van der Waals surface area contributed by atoms with Gasteiger partial charge >= 0.3 is 0 Å². The normalized spacial score (nSPS) is 16.4. The van der Waals surface area contributed by atoms with E-state index in [1.165, 1.54) is 5.56 Å². The highest BCUT2D eigenvalue weighted by atomic mass is 32.2. The number of rotatable bonds is 4. The minimum atomic E-state index is -0.0200. The molecular weight excluding hydrogens is 358 g/mol. The highest BCUT2D eigenvalue weighted by Crippen LogP contribution is 2.42. The monoisotopic (exact) mass is 379 g/mol. The third-order valence-electron chi connectivity index (χ3n) is 4.57. The van der Waals surface area contributed by atoms with Gasteiger partial charge in [-0.3, -0.25) is 9.89 Å². The fraction of sp³-hybridized carbons (Fsp3) is 0.238. The molecule has 4 rings (SSSR count). The van der Waals surface area contributed by atoms with Gasteiger partial charge in [0.2, 0.25) is 5.91 Å². The molecule has 1 aromatic heterocycles. The van der Waals surface area contributed by atoms with Crippen molar-refractivity contribution in [2.75, 3.05) is 11.1 Å². The van der Waals surface area contributed by atoms with E-state index in [0.29, 0.717) is 18.2 Å². The van der Waals surface area contributed by atoms with Gasteiger partial charge in [0, 0.05) is 11.3 Å². The van der Waals surface area contributed by atoms with E-state index in [9.17, 15) is 4.79 Å². The Hall–Kier alpha value is -2.73. The third kappa shape index (κ3) is 3.85. The second-order valence-corrected chi connectivity index (χ2v) is 7.79. The van der Waals surface area contributed by atoms with Crippen molar-refractivity contribution in [3.05, 3.63) is 76.5 Å². The lowest BCUT2D eigenvalue weighted by atomic mass is 10.0. The smallest absolute Gasteiger partial charge is 0.235 e. The number of fused-ring (bicyclic) bond motifs is 1. The van der Waals surface area contributed by atoms with Crippen LogP contribution in [0.15, 0.2) is 48.5 Å². The van der Waals surface area contributed by atoms with E-state index in [4.69, 9.17) is 4.74 Å². The fourth-order valence-electron chi connectivity index (χ4n) is 3.23. The Morgan fingerprint density at radius 1 is 1.19 bits per heavy atom. The molecule has 1 amide bonds. The number of anilines is 1. The van der Waals surface area contributed by atoms with Crippen LogP contribution in [-0.4, -0.2) is 21.9 Å². The zero-order valence-electron chi connectivity index (χ0n) is 15.3. The van der Waals surface area contributed by atoms with Crippen LogP contribution in [-0.2, 0) is 11.4 Å². The molecule has 2 aromatic carbocycles. The van der Waals surface area contributed by atoms with Crippen molar-refractivity contribution in [1.29, 1.82) is 0 Å². The molecule has 1 atom stereocenters. The molecule has 0 fully saturated rings. The molecule has 3 aromatic rings. The van der Waals surface area contributed by atoms with Crippen LogP contribution < -0.4 is 10.1 Å². The lowest BCUT2D eigenvalue weighted by Crippen LogP contribution is -2.12. The summed E-state index contributed by atoms with van der Waals surface area (Å²) in [5.41, 5.74) is 5.53. The summed E-state index contributed by atoms with van der Waals surface area (Å²) in [7, 11) is 0. The predicted octanol–water partition coefficient (Wildman–Crippen LogP) is 4.38. The summed E-state index contributed by atoms with van der Waals surface area (Å²) in [4.78, 5) is 11.9. The molecule has 0 bridgehead atoms. The van der Waals surface area contributed by atoms with Gasteiger partial charge in [-0.05, 0) is 37.1 Å². The van der Waals surface area contributed by atoms with E-state index in [0.717, 1.165) is 28.1 Å². The maximum atomic E-state index is 11.9. The number of aromatic nitrogens is 2. The lowest BCUT2D eigenvalue weighted by molar-refractivity contribution is -0.113. The largest absolute Gasteiger partial charge is 0.489 e. The number of aryl methyl sites for hydroxylation is 2. The van der Waals surface area contributed by atoms with E-state index in [-0.39, 0.29) is 11.2 Å². The molecule has 0 aliphatic carbocycles. The number of ether oxygens (including phenoxy) is 1. The molecule has 2 heterocycles. The molecule has 5 nitrogen and oxygen atoms in total. The van der Waals surface area contributed by atoms with Crippen LogP contribution in [0.1, 0.15) is 33.2 Å². The predicted molar refractivity (Wildman–Crippen MR) is 108 cm³/mol. The molecular formula is C21H21N3O2S. The SMILES string of the molecule is Cc1cccc(COc2ccc([C@@H]3SCC(=O)Nc4n[nH]c(C)c43)cc2)c1. The average Bonchev–Trinajstić information content (AvgIpc) is 2.92. The van der Waals surface area contributed by atoms with Crippen molar-refractivity contribution < 1.29 is 9.53 Å². The summed E-state index contributed by atoms with van der Waals surface area (Å²) >= 11 is 1.61. The van der Waals surface area contributed by atoms with Gasteiger partial charge in [0.05, 0.1) is 11.0 Å². The standard InChI is InChI=1S/C21H21N3O2S/c1-13-4-3-5-15(10-13)11-26-17-8-6-16(7-9-17)20-19-14(2)23-24-21(19)22-18(25)12-27-20/h3-10,20H,11-12H2,1-2H3,(H2,22,23,24,25)/t20-/m0/s1. The molecule has 0 spiro atoms. The Morgan fingerprint density at radius 2 is 2.00 bits per heavy atom. The number of amides is 1. The van der Waals surface area contributed by atoms with E-state index < -0.39 is 0 Å². The Balaban J connectivity index is 1.52. The summed E-state index contributed by atoms with van der Waals surface area (Å²) in [5, 5.41) is 10.1. The third-order valence-corrected chi connectivity index (χ3v) is 5.84. The molecule has 1 aliphatic heterocycles. The zero-order chi connectivity index (χ0) is 18.8. The molecule has 27 heavy (non-hydrogen) atoms. The number of nitrogens with zero attached hydrogens (tertiary/aromatic N) is 1. The molecule has 0 saturated heterocycles. The first-order valence-electron chi connectivity index (χ1n) is 8.85. The molecule has 2 N–H and O–H groups in total. The first kappa shape index (κ1) is 17.7. The van der Waals surface area contributed by atoms with Gasteiger partial charge in [0.15, 0.2) is 5.82 Å². The molecule has 0 saturated carbocycles. The number of benzene rings is 2. The Bertz CT molecular complexity index is 966. The Kier molecular flexibility index (Phi) is 4.90. The summed E-state index contributed by atoms with van der Waals surface area (Å²) < 4.78 is 5.92. The van der Waals surface area contributed by atoms with Crippen molar-refractivity contribution in [1.82, 2.24) is 10.2 Å². The minimum Gasteiger partial charge on any atom is -0.489 e. The van der Waals surface area contributed by atoms with Crippen LogP contribution in [0.25, 0.3) is 0 Å². The topological polar surface area (TPSA) is 67.0 Å². The first-order valence-corrected chi connectivity index (χ1v) is 9.89. The average molecular weight is 379 g/mol. The number of carbonyl (C=O) groups is 1. The van der Waals surface area contributed by atoms with Gasteiger partial charge in [0.1, 0.15) is 12.4 Å². The number of nitrogens with one attached hydrogen (secondary N) is 2. The summed E-state index contributed by atoms with van der Waals surface area (Å²) in [5.74, 6) is 1.85. The van der Waals surface area contributed by atoms with Crippen LogP contribution in [0.3, 0.4) is 0 Å². The highest BCUT2D eigenvalue weighted by Gasteiger charge is 2.28. The van der Waals surface area contributed by atoms with Gasteiger partial charge in [-0.15, -0.1) is 11.8 Å². The number of carbonyl (C=O) groups excluding carboxylic acids is 1. The maximum Gasteiger partial charge on any atom is 0.235 e. The highest BCUT2D eigenvalue weighted by molar-refractivity contribution is 8.00. The maximum absolute atomic E-state index is 11.9. The fourth-order valence-corrected chi connectivity index (χ4v) is 4.43. The minimum absolute atomic E-state index is 0.0200. The van der Waals surface area contributed by atoms with Crippen LogP contribution in [0.5, 0.6) is 5.75 Å². The number of hydrogen-bond donors (Lipinski definition) is 2. The Morgan fingerprint density at radius 3 is 2.78 bits per heavy atom. The van der Waals surface area contributed by atoms with Crippen LogP contribution in [0, 0.1) is 13.8 Å². The van der Waals surface area contributed by atoms with Gasteiger partial charge in [-0.2, -0.15) is 5.10 Å². The van der Waals surface area contributed by atoms with Crippen molar-refractivity contribution in [3.63, 3.8) is 0 Å². The van der Waals surface area contributed by atoms with Crippen molar-refractivity contribution in [2.24, 2.45) is 0 Å². The summed E-state index contributed by atoms with van der Waals surface area (Å²) in [6, 6.07) is 16.4. The van der Waals surface area contributed by atoms with E-state index in [1.54, 1.807) is 11.8 Å². The summed E-state index contributed by atoms with van der Waals surface area (Å²) in [6.45, 7) is 4.60. The number of thioether (sulfide) groups is 1. The molecule has 6 heteroatoms. The van der Waals surface area contributed by atoms with Gasteiger partial charge in [0.25, 0.3) is 0 Å². The van der Waals surface area contributed by atoms with E-state index in [2.05, 4.69) is 52.8 Å². The molecule has 138 valence electrons. The van der Waals surface area contributed by atoms with E-state index in [1.807, 2.05) is 25.1 Å². The van der Waals surface area contributed by atoms with E-state index >= 15 is 0 Å². The van der Waals surface area contributed by atoms with Gasteiger partial charge in [-0.25, -0.2) is 0 Å². The second kappa shape index (κ2) is 7.48. The molecule has 0 unspecified atom stereocenters. The van der Waals surface area contributed by atoms with Crippen LogP contribution in [0.2, 0.25) is 0 Å². The molecule has 1 aliphatic rings. The van der Waals surface area contributed by atoms with Crippen LogP contribution in [0.4, 0.5) is 5.82 Å². The number of aromatic amines is 1. The van der Waals surface area contributed by atoms with Gasteiger partial charge in [-0.1, -0.05) is 42.0 Å². The zero-order valence-corrected chi connectivity index (χ0v) is 16.1. The number of hydrogen-bond acceptors (Lipinski definition) is 4. The van der Waals surface area contributed by atoms with Crippen LogP contribution >= 0.6 is 11.8 Å². The molecule has 0 radical (unpaired) electrons. The van der Waals surface area contributed by atoms with Crippen molar-refractivity contribution in [3.8, 4) is 5.75 Å². The first-order chi connectivity index (χ1) is 13.1. The summed E-state index contributed by atoms with van der Waals surface area (Å²) in [6.07, 6.45) is 0. The Labute approximate surface area is 162 Å². The van der Waals surface area contributed by atoms with Gasteiger partial charge < -0.3 is 10.1 Å². The lowest BCUT2D eigenvalue weighted by Gasteiger charge is -2.16. The number of H-pyrrole nitrogens is 1. The van der Waals surface area contributed by atoms with Crippen molar-refractivity contribution in [2.45, 2.75) is 25.7 Å².